The highest BCUT2D eigenvalue weighted by molar-refractivity contribution is 5.94. The average molecular weight is 328 g/mol. The number of carbonyl (C=O) groups excluding carboxylic acids is 1. The highest BCUT2D eigenvalue weighted by Crippen LogP contribution is 2.25. The molecule has 0 unspecified atom stereocenters. The molecule has 0 radical (unpaired) electrons. The molecule has 3 heterocycles. The van der Waals surface area contributed by atoms with Crippen molar-refractivity contribution in [3.63, 3.8) is 0 Å². The molecule has 3 N–H and O–H groups in total. The first-order chi connectivity index (χ1) is 11.6. The van der Waals surface area contributed by atoms with Crippen LogP contribution >= 0.6 is 0 Å². The van der Waals surface area contributed by atoms with E-state index in [1.54, 1.807) is 18.6 Å². The van der Waals surface area contributed by atoms with Gasteiger partial charge in [0, 0.05) is 43.3 Å². The van der Waals surface area contributed by atoms with Gasteiger partial charge < -0.3 is 15.3 Å². The molecule has 24 heavy (non-hydrogen) atoms. The van der Waals surface area contributed by atoms with Crippen LogP contribution in [0.1, 0.15) is 34.6 Å². The van der Waals surface area contributed by atoms with Crippen molar-refractivity contribution in [2.75, 3.05) is 24.5 Å². The van der Waals surface area contributed by atoms with Crippen LogP contribution in [-0.2, 0) is 12.8 Å². The minimum Gasteiger partial charge on any atom is -0.386 e. The van der Waals surface area contributed by atoms with Gasteiger partial charge in [-0.05, 0) is 25.7 Å². The van der Waals surface area contributed by atoms with E-state index in [2.05, 4.69) is 25.5 Å². The standard InChI is InChI=1S/C16H20N6O2/c23-15(14-11-2-1-3-12(11)20-21-14)19-9-16(24)4-7-22(10-16)13-8-17-5-6-18-13/h5-6,8,24H,1-4,7,9-10H2,(H,19,23)(H,20,21)/t16-/m0/s1. The Labute approximate surface area is 139 Å². The van der Waals surface area contributed by atoms with Gasteiger partial charge in [-0.1, -0.05) is 0 Å². The van der Waals surface area contributed by atoms with Crippen molar-refractivity contribution in [3.8, 4) is 0 Å². The lowest BCUT2D eigenvalue weighted by Crippen LogP contribution is -2.45. The number of hydrogen-bond donors (Lipinski definition) is 3. The molecule has 2 aliphatic rings. The first kappa shape index (κ1) is 15.1. The smallest absolute Gasteiger partial charge is 0.272 e. The molecule has 1 aliphatic heterocycles. The molecule has 0 saturated carbocycles. The lowest BCUT2D eigenvalue weighted by molar-refractivity contribution is 0.0573. The second-order valence-electron chi connectivity index (χ2n) is 6.53. The highest BCUT2D eigenvalue weighted by Gasteiger charge is 2.37. The van der Waals surface area contributed by atoms with E-state index < -0.39 is 5.60 Å². The predicted octanol–water partition coefficient (Wildman–Crippen LogP) is 0.0596. The molecule has 4 rings (SSSR count). The molecule has 1 saturated heterocycles. The van der Waals surface area contributed by atoms with Crippen LogP contribution in [0, 0.1) is 0 Å². The van der Waals surface area contributed by atoms with E-state index in [0.717, 1.165) is 36.3 Å². The van der Waals surface area contributed by atoms with Gasteiger partial charge in [0.1, 0.15) is 11.4 Å². The van der Waals surface area contributed by atoms with Crippen molar-refractivity contribution < 1.29 is 9.90 Å². The molecule has 8 nitrogen and oxygen atoms in total. The topological polar surface area (TPSA) is 107 Å². The number of anilines is 1. The zero-order chi connectivity index (χ0) is 16.6. The zero-order valence-corrected chi connectivity index (χ0v) is 13.3. The van der Waals surface area contributed by atoms with Crippen molar-refractivity contribution in [1.82, 2.24) is 25.5 Å². The van der Waals surface area contributed by atoms with Gasteiger partial charge in [0.15, 0.2) is 5.69 Å². The second kappa shape index (κ2) is 5.86. The molecule has 1 atom stereocenters. The van der Waals surface area contributed by atoms with Gasteiger partial charge in [0.2, 0.25) is 0 Å². The molecule has 0 bridgehead atoms. The summed E-state index contributed by atoms with van der Waals surface area (Å²) >= 11 is 0. The largest absolute Gasteiger partial charge is 0.386 e. The Bertz CT molecular complexity index is 746. The summed E-state index contributed by atoms with van der Waals surface area (Å²) in [6.07, 6.45) is 8.40. The Morgan fingerprint density at radius 1 is 1.42 bits per heavy atom. The molecule has 2 aromatic heterocycles. The first-order valence-corrected chi connectivity index (χ1v) is 8.22. The van der Waals surface area contributed by atoms with Crippen LogP contribution < -0.4 is 10.2 Å². The van der Waals surface area contributed by atoms with Crippen LogP contribution in [0.15, 0.2) is 18.6 Å². The number of nitrogens with one attached hydrogen (secondary N) is 2. The molecular formula is C16H20N6O2. The average Bonchev–Trinajstić information content (AvgIpc) is 3.29. The molecule has 0 spiro atoms. The summed E-state index contributed by atoms with van der Waals surface area (Å²) in [6.45, 7) is 1.30. The molecule has 8 heteroatoms. The van der Waals surface area contributed by atoms with E-state index in [4.69, 9.17) is 0 Å². The zero-order valence-electron chi connectivity index (χ0n) is 13.3. The number of aryl methyl sites for hydroxylation is 1. The number of fused-ring (bicyclic) bond motifs is 1. The first-order valence-electron chi connectivity index (χ1n) is 8.22. The summed E-state index contributed by atoms with van der Waals surface area (Å²) in [4.78, 5) is 22.7. The molecule has 0 aromatic carbocycles. The second-order valence-corrected chi connectivity index (χ2v) is 6.53. The lowest BCUT2D eigenvalue weighted by atomic mass is 10.0. The predicted molar refractivity (Wildman–Crippen MR) is 86.8 cm³/mol. The van der Waals surface area contributed by atoms with Crippen LogP contribution in [0.3, 0.4) is 0 Å². The number of β-amino-alcohol motifs (C(OH)–C–C–N with tert-alkyl or cyclic N) is 1. The van der Waals surface area contributed by atoms with Crippen LogP contribution in [-0.4, -0.2) is 56.4 Å². The van der Waals surface area contributed by atoms with Gasteiger partial charge in [-0.2, -0.15) is 5.10 Å². The molecule has 1 aliphatic carbocycles. The maximum atomic E-state index is 12.4. The third kappa shape index (κ3) is 2.73. The third-order valence-electron chi connectivity index (χ3n) is 4.81. The third-order valence-corrected chi connectivity index (χ3v) is 4.81. The van der Waals surface area contributed by atoms with E-state index in [-0.39, 0.29) is 12.5 Å². The van der Waals surface area contributed by atoms with Gasteiger partial charge in [0.25, 0.3) is 5.91 Å². The van der Waals surface area contributed by atoms with Gasteiger partial charge in [0.05, 0.1) is 6.20 Å². The Balaban J connectivity index is 1.38. The fraction of sp³-hybridized carbons (Fsp3) is 0.500. The Morgan fingerprint density at radius 2 is 2.33 bits per heavy atom. The highest BCUT2D eigenvalue weighted by atomic mass is 16.3. The SMILES string of the molecule is O=C(NC[C@@]1(O)CCN(c2cnccn2)C1)c1n[nH]c2c1CCC2. The van der Waals surface area contributed by atoms with Crippen LogP contribution in [0.2, 0.25) is 0 Å². The number of carbonyl (C=O) groups is 1. The van der Waals surface area contributed by atoms with E-state index in [1.807, 2.05) is 4.90 Å². The molecule has 1 fully saturated rings. The monoisotopic (exact) mass is 328 g/mol. The summed E-state index contributed by atoms with van der Waals surface area (Å²) in [5.41, 5.74) is 1.59. The summed E-state index contributed by atoms with van der Waals surface area (Å²) in [5, 5.41) is 20.6. The van der Waals surface area contributed by atoms with Crippen LogP contribution in [0.5, 0.6) is 0 Å². The van der Waals surface area contributed by atoms with Crippen LogP contribution in [0.25, 0.3) is 0 Å². The number of H-pyrrole nitrogens is 1. The van der Waals surface area contributed by atoms with E-state index in [9.17, 15) is 9.90 Å². The number of nitrogens with zero attached hydrogens (tertiary/aromatic N) is 4. The Hall–Kier alpha value is -2.48. The summed E-state index contributed by atoms with van der Waals surface area (Å²) in [6, 6.07) is 0. The minimum absolute atomic E-state index is 0.199. The molecule has 2 aromatic rings. The maximum Gasteiger partial charge on any atom is 0.272 e. The van der Waals surface area contributed by atoms with Gasteiger partial charge in [-0.25, -0.2) is 4.98 Å². The number of aromatic amines is 1. The minimum atomic E-state index is -0.966. The van der Waals surface area contributed by atoms with Crippen molar-refractivity contribution in [2.45, 2.75) is 31.3 Å². The number of aromatic nitrogens is 4. The van der Waals surface area contributed by atoms with E-state index >= 15 is 0 Å². The normalized spacial score (nSPS) is 22.6. The summed E-state index contributed by atoms with van der Waals surface area (Å²) < 4.78 is 0. The summed E-state index contributed by atoms with van der Waals surface area (Å²) in [5.74, 6) is 0.519. The number of amides is 1. The number of aliphatic hydroxyl groups is 1. The maximum absolute atomic E-state index is 12.4. The molecule has 126 valence electrons. The van der Waals surface area contributed by atoms with Crippen LogP contribution in [0.4, 0.5) is 5.82 Å². The van der Waals surface area contributed by atoms with Crippen molar-refractivity contribution >= 4 is 11.7 Å². The van der Waals surface area contributed by atoms with E-state index in [0.29, 0.717) is 25.2 Å². The fourth-order valence-corrected chi connectivity index (χ4v) is 3.49. The van der Waals surface area contributed by atoms with Crippen molar-refractivity contribution in [1.29, 1.82) is 0 Å². The van der Waals surface area contributed by atoms with Crippen molar-refractivity contribution in [2.24, 2.45) is 0 Å². The van der Waals surface area contributed by atoms with Crippen molar-refractivity contribution in [3.05, 3.63) is 35.5 Å². The Kier molecular flexibility index (Phi) is 3.68. The quantitative estimate of drug-likeness (QED) is 0.733. The number of rotatable bonds is 4. The lowest BCUT2D eigenvalue weighted by Gasteiger charge is -2.24. The van der Waals surface area contributed by atoms with Gasteiger partial charge in [-0.15, -0.1) is 0 Å². The molecule has 1 amide bonds. The molecular weight excluding hydrogens is 308 g/mol. The van der Waals surface area contributed by atoms with Gasteiger partial charge in [-0.3, -0.25) is 14.9 Å². The van der Waals surface area contributed by atoms with Gasteiger partial charge >= 0.3 is 0 Å². The Morgan fingerprint density at radius 3 is 3.17 bits per heavy atom. The number of hydrogen-bond acceptors (Lipinski definition) is 6. The fourth-order valence-electron chi connectivity index (χ4n) is 3.49. The van der Waals surface area contributed by atoms with E-state index in [1.165, 1.54) is 0 Å². The summed E-state index contributed by atoms with van der Waals surface area (Å²) in [7, 11) is 0.